The number of hydrogen-bond donors (Lipinski definition) is 2. The molecular weight excluding hydrogens is 441 g/mol. The summed E-state index contributed by atoms with van der Waals surface area (Å²) in [4.78, 5) is 6.86. The van der Waals surface area contributed by atoms with E-state index in [0.717, 1.165) is 36.8 Å². The lowest BCUT2D eigenvalue weighted by atomic mass is 10.1. The second-order valence-corrected chi connectivity index (χ2v) is 6.01. The molecule has 0 aromatic heterocycles. The number of fused-ring (bicyclic) bond motifs is 1. The predicted molar refractivity (Wildman–Crippen MR) is 117 cm³/mol. The van der Waals surface area contributed by atoms with Crippen LogP contribution in [0.2, 0.25) is 0 Å². The van der Waals surface area contributed by atoms with Gasteiger partial charge in [-0.2, -0.15) is 0 Å². The molecule has 2 aromatic rings. The monoisotopic (exact) mass is 467 g/mol. The summed E-state index contributed by atoms with van der Waals surface area (Å²) in [6, 6.07) is 15.8. The molecule has 0 saturated carbocycles. The summed E-state index contributed by atoms with van der Waals surface area (Å²) in [7, 11) is 1.63. The molecule has 0 fully saturated rings. The Morgan fingerprint density at radius 3 is 2.65 bits per heavy atom. The maximum Gasteiger partial charge on any atom is 0.198 e. The van der Waals surface area contributed by atoms with Crippen LogP contribution in [0.5, 0.6) is 5.75 Å². The molecule has 1 unspecified atom stereocenters. The number of para-hydroxylation sites is 1. The molecule has 0 saturated heterocycles. The van der Waals surface area contributed by atoms with Gasteiger partial charge >= 0.3 is 0 Å². The zero-order valence-electron chi connectivity index (χ0n) is 15.2. The third kappa shape index (κ3) is 4.67. The first-order valence-corrected chi connectivity index (χ1v) is 8.68. The molecule has 0 bridgehead atoms. The highest BCUT2D eigenvalue weighted by Crippen LogP contribution is 2.27. The Balaban J connectivity index is 0.00000243. The maximum atomic E-state index is 10.4. The van der Waals surface area contributed by atoms with E-state index >= 15 is 0 Å². The second-order valence-electron chi connectivity index (χ2n) is 6.01. The van der Waals surface area contributed by atoms with Crippen molar-refractivity contribution >= 4 is 35.6 Å². The summed E-state index contributed by atoms with van der Waals surface area (Å²) in [5.41, 5.74) is 3.37. The number of aliphatic hydroxyl groups is 1. The number of rotatable bonds is 5. The Bertz CT molecular complexity index is 734. The van der Waals surface area contributed by atoms with Crippen LogP contribution in [0.4, 0.5) is 5.69 Å². The first-order valence-electron chi connectivity index (χ1n) is 8.68. The molecule has 2 aromatic carbocycles. The largest absolute Gasteiger partial charge is 0.497 e. The lowest BCUT2D eigenvalue weighted by Crippen LogP contribution is -2.40. The van der Waals surface area contributed by atoms with Crippen LogP contribution in [0.1, 0.15) is 24.2 Å². The molecule has 6 heteroatoms. The summed E-state index contributed by atoms with van der Waals surface area (Å²) >= 11 is 0. The van der Waals surface area contributed by atoms with Crippen molar-refractivity contribution in [3.8, 4) is 5.75 Å². The van der Waals surface area contributed by atoms with E-state index in [1.54, 1.807) is 7.11 Å². The molecule has 5 nitrogen and oxygen atoms in total. The van der Waals surface area contributed by atoms with Gasteiger partial charge in [0, 0.05) is 18.8 Å². The molecule has 0 amide bonds. The number of nitrogens with one attached hydrogen (secondary N) is 1. The van der Waals surface area contributed by atoms with Gasteiger partial charge in [0.05, 0.1) is 19.8 Å². The predicted octanol–water partition coefficient (Wildman–Crippen LogP) is 3.37. The van der Waals surface area contributed by atoms with E-state index in [1.165, 1.54) is 11.3 Å². The van der Waals surface area contributed by atoms with Crippen molar-refractivity contribution < 1.29 is 9.84 Å². The van der Waals surface area contributed by atoms with Gasteiger partial charge < -0.3 is 20.1 Å². The zero-order chi connectivity index (χ0) is 17.6. The third-order valence-corrected chi connectivity index (χ3v) is 4.39. The van der Waals surface area contributed by atoms with Crippen molar-refractivity contribution in [2.45, 2.75) is 19.4 Å². The molecule has 0 radical (unpaired) electrons. The van der Waals surface area contributed by atoms with Gasteiger partial charge in [-0.3, -0.25) is 0 Å². The number of aliphatic hydroxyl groups excluding tert-OH is 1. The fourth-order valence-corrected chi connectivity index (χ4v) is 3.06. The van der Waals surface area contributed by atoms with Crippen LogP contribution in [0.15, 0.2) is 53.5 Å². The number of guanidine groups is 1. The summed E-state index contributed by atoms with van der Waals surface area (Å²) < 4.78 is 5.15. The Morgan fingerprint density at radius 1 is 1.23 bits per heavy atom. The van der Waals surface area contributed by atoms with E-state index in [2.05, 4.69) is 40.3 Å². The Kier molecular flexibility index (Phi) is 7.71. The minimum Gasteiger partial charge on any atom is -0.497 e. The average molecular weight is 467 g/mol. The van der Waals surface area contributed by atoms with Crippen molar-refractivity contribution in [2.24, 2.45) is 4.99 Å². The van der Waals surface area contributed by atoms with Crippen molar-refractivity contribution in [1.82, 2.24) is 5.32 Å². The normalized spacial score (nSPS) is 14.4. The van der Waals surface area contributed by atoms with Gasteiger partial charge in [-0.15, -0.1) is 24.0 Å². The SMILES string of the molecule is CCNC(=NCC(O)c1ccc(OC)cc1)N1CCc2ccccc21.I. The highest BCUT2D eigenvalue weighted by Gasteiger charge is 2.22. The summed E-state index contributed by atoms with van der Waals surface area (Å²) in [6.45, 7) is 4.06. The molecular formula is C20H26IN3O2. The Morgan fingerprint density at radius 2 is 1.96 bits per heavy atom. The van der Waals surface area contributed by atoms with Gasteiger partial charge in [0.25, 0.3) is 0 Å². The molecule has 3 rings (SSSR count). The van der Waals surface area contributed by atoms with Crippen LogP contribution in [-0.4, -0.2) is 37.8 Å². The third-order valence-electron chi connectivity index (χ3n) is 4.39. The van der Waals surface area contributed by atoms with E-state index in [9.17, 15) is 5.11 Å². The van der Waals surface area contributed by atoms with Crippen molar-refractivity contribution in [3.05, 3.63) is 59.7 Å². The first kappa shape index (κ1) is 20.5. The zero-order valence-corrected chi connectivity index (χ0v) is 17.5. The quantitative estimate of drug-likeness (QED) is 0.402. The number of aliphatic imine (C=N–C) groups is 1. The van der Waals surface area contributed by atoms with Crippen LogP contribution < -0.4 is 15.0 Å². The highest BCUT2D eigenvalue weighted by atomic mass is 127. The van der Waals surface area contributed by atoms with Crippen molar-refractivity contribution in [2.75, 3.05) is 31.6 Å². The van der Waals surface area contributed by atoms with Crippen LogP contribution in [0, 0.1) is 0 Å². The summed E-state index contributed by atoms with van der Waals surface area (Å²) in [5, 5.41) is 13.8. The molecule has 0 aliphatic carbocycles. The number of nitrogens with zero attached hydrogens (tertiary/aromatic N) is 2. The number of benzene rings is 2. The molecule has 0 spiro atoms. The Labute approximate surface area is 172 Å². The highest BCUT2D eigenvalue weighted by molar-refractivity contribution is 14.0. The second kappa shape index (κ2) is 9.78. The number of anilines is 1. The topological polar surface area (TPSA) is 57.1 Å². The molecule has 1 atom stereocenters. The van der Waals surface area contributed by atoms with E-state index in [1.807, 2.05) is 30.3 Å². The van der Waals surface area contributed by atoms with Gasteiger partial charge in [-0.1, -0.05) is 30.3 Å². The lowest BCUT2D eigenvalue weighted by Gasteiger charge is -2.22. The minimum absolute atomic E-state index is 0. The van der Waals surface area contributed by atoms with Crippen LogP contribution in [0.3, 0.4) is 0 Å². The van der Waals surface area contributed by atoms with Gasteiger partial charge in [-0.05, 0) is 42.7 Å². The average Bonchev–Trinajstić information content (AvgIpc) is 3.09. The fraction of sp³-hybridized carbons (Fsp3) is 0.350. The molecule has 1 heterocycles. The van der Waals surface area contributed by atoms with Crippen LogP contribution in [-0.2, 0) is 6.42 Å². The van der Waals surface area contributed by atoms with Crippen LogP contribution in [0.25, 0.3) is 0 Å². The summed E-state index contributed by atoms with van der Waals surface area (Å²) in [5.74, 6) is 1.60. The van der Waals surface area contributed by atoms with E-state index in [0.29, 0.717) is 6.54 Å². The fourth-order valence-electron chi connectivity index (χ4n) is 3.06. The Hall–Kier alpha value is -1.80. The van der Waals surface area contributed by atoms with E-state index in [4.69, 9.17) is 4.74 Å². The lowest BCUT2D eigenvalue weighted by molar-refractivity contribution is 0.187. The number of methoxy groups -OCH3 is 1. The van der Waals surface area contributed by atoms with Gasteiger partial charge in [-0.25, -0.2) is 4.99 Å². The van der Waals surface area contributed by atoms with E-state index < -0.39 is 6.10 Å². The minimum atomic E-state index is -0.641. The molecule has 26 heavy (non-hydrogen) atoms. The molecule has 1 aliphatic rings. The molecule has 140 valence electrons. The smallest absolute Gasteiger partial charge is 0.198 e. The van der Waals surface area contributed by atoms with Gasteiger partial charge in [0.2, 0.25) is 0 Å². The number of hydrogen-bond acceptors (Lipinski definition) is 3. The van der Waals surface area contributed by atoms with Crippen molar-refractivity contribution in [1.29, 1.82) is 0 Å². The van der Waals surface area contributed by atoms with E-state index in [-0.39, 0.29) is 24.0 Å². The maximum absolute atomic E-state index is 10.4. The van der Waals surface area contributed by atoms with Gasteiger partial charge in [0.1, 0.15) is 5.75 Å². The standard InChI is InChI=1S/C20H25N3O2.HI/c1-3-21-20(23-13-12-15-6-4-5-7-18(15)23)22-14-19(24)16-8-10-17(25-2)11-9-16;/h4-11,19,24H,3,12-14H2,1-2H3,(H,21,22);1H. The number of halogens is 1. The molecule has 2 N–H and O–H groups in total. The first-order chi connectivity index (χ1) is 12.2. The summed E-state index contributed by atoms with van der Waals surface area (Å²) in [6.07, 6.45) is 0.374. The van der Waals surface area contributed by atoms with Gasteiger partial charge in [0.15, 0.2) is 5.96 Å². The number of ether oxygens (including phenoxy) is 1. The van der Waals surface area contributed by atoms with Crippen LogP contribution >= 0.6 is 24.0 Å². The van der Waals surface area contributed by atoms with Crippen molar-refractivity contribution in [3.63, 3.8) is 0 Å². The molecule has 1 aliphatic heterocycles.